The molecule has 0 aromatic carbocycles. The molecule has 15 heavy (non-hydrogen) atoms. The number of hydrogen-bond acceptors (Lipinski definition) is 2. The molecule has 0 aliphatic carbocycles. The third-order valence-electron chi connectivity index (χ3n) is 2.61. The highest BCUT2D eigenvalue weighted by Gasteiger charge is 2.17. The van der Waals surface area contributed by atoms with Gasteiger partial charge in [-0.25, -0.2) is 0 Å². The van der Waals surface area contributed by atoms with Crippen molar-refractivity contribution in [2.45, 2.75) is 52.4 Å². The Morgan fingerprint density at radius 3 is 2.60 bits per heavy atom. The minimum absolute atomic E-state index is 0.0457. The average Bonchev–Trinajstić information content (AvgIpc) is 2.26. The van der Waals surface area contributed by atoms with Crippen molar-refractivity contribution in [1.82, 2.24) is 0 Å². The number of ether oxygens (including phenoxy) is 1. The van der Waals surface area contributed by atoms with Gasteiger partial charge in [0.2, 0.25) is 0 Å². The van der Waals surface area contributed by atoms with Crippen molar-refractivity contribution in [3.8, 4) is 0 Å². The van der Waals surface area contributed by atoms with E-state index in [1.165, 1.54) is 20.0 Å². The smallest absolute Gasteiger partial charge is 0.308 e. The molecule has 2 heteroatoms. The molecule has 0 bridgehead atoms. The predicted molar refractivity (Wildman–Crippen MR) is 63.7 cm³/mol. The molecule has 0 saturated carbocycles. The highest BCUT2D eigenvalue weighted by molar-refractivity contribution is 5.72. The van der Waals surface area contributed by atoms with Crippen LogP contribution < -0.4 is 0 Å². The van der Waals surface area contributed by atoms with E-state index in [0.717, 1.165) is 25.7 Å². The molecule has 0 rings (SSSR count). The second kappa shape index (κ2) is 9.75. The van der Waals surface area contributed by atoms with Gasteiger partial charge < -0.3 is 4.74 Å². The maximum atomic E-state index is 11.5. The first kappa shape index (κ1) is 14.2. The van der Waals surface area contributed by atoms with Gasteiger partial charge in [0.15, 0.2) is 0 Å². The quantitative estimate of drug-likeness (QED) is 0.348. The molecule has 0 fully saturated rings. The molecular formula is C13H24O2. The van der Waals surface area contributed by atoms with Gasteiger partial charge in [0, 0.05) is 0 Å². The van der Waals surface area contributed by atoms with E-state index in [1.807, 2.05) is 13.0 Å². The van der Waals surface area contributed by atoms with Crippen molar-refractivity contribution in [2.24, 2.45) is 5.92 Å². The monoisotopic (exact) mass is 212 g/mol. The van der Waals surface area contributed by atoms with Crippen molar-refractivity contribution >= 4 is 5.97 Å². The molecule has 0 saturated heterocycles. The number of unbranched alkanes of at least 4 members (excludes halogenated alkanes) is 2. The van der Waals surface area contributed by atoms with E-state index in [2.05, 4.69) is 13.0 Å². The van der Waals surface area contributed by atoms with E-state index in [-0.39, 0.29) is 11.9 Å². The van der Waals surface area contributed by atoms with E-state index < -0.39 is 0 Å². The number of allylic oxidation sites excluding steroid dienone is 2. The van der Waals surface area contributed by atoms with Gasteiger partial charge in [0.1, 0.15) is 0 Å². The first-order valence-corrected chi connectivity index (χ1v) is 5.95. The Bertz CT molecular complexity index is 185. The van der Waals surface area contributed by atoms with Crippen LogP contribution in [-0.4, -0.2) is 13.1 Å². The number of hydrogen-bond donors (Lipinski definition) is 0. The zero-order valence-corrected chi connectivity index (χ0v) is 10.3. The average molecular weight is 212 g/mol. The van der Waals surface area contributed by atoms with Crippen molar-refractivity contribution in [2.75, 3.05) is 7.11 Å². The molecule has 0 aliphatic rings. The minimum Gasteiger partial charge on any atom is -0.469 e. The van der Waals surface area contributed by atoms with E-state index in [9.17, 15) is 4.79 Å². The molecular weight excluding hydrogens is 188 g/mol. The molecule has 1 atom stereocenters. The van der Waals surface area contributed by atoms with Gasteiger partial charge in [-0.1, -0.05) is 38.3 Å². The number of rotatable bonds is 8. The van der Waals surface area contributed by atoms with Gasteiger partial charge in [-0.15, -0.1) is 0 Å². The molecule has 0 aliphatic heterocycles. The summed E-state index contributed by atoms with van der Waals surface area (Å²) in [4.78, 5) is 11.5. The molecule has 0 N–H and O–H groups in total. The number of methoxy groups -OCH3 is 1. The van der Waals surface area contributed by atoms with Crippen LogP contribution in [-0.2, 0) is 9.53 Å². The normalized spacial score (nSPS) is 13.0. The standard InChI is InChI=1S/C13H24O2/c1-4-6-8-10-12(13(14)15-3)11-9-7-5-2/h4,6,12H,5,7-11H2,1-3H3. The van der Waals surface area contributed by atoms with E-state index >= 15 is 0 Å². The Kier molecular flexibility index (Phi) is 9.24. The first-order valence-electron chi connectivity index (χ1n) is 5.95. The Labute approximate surface area is 93.7 Å². The predicted octanol–water partition coefficient (Wildman–Crippen LogP) is 3.71. The van der Waals surface area contributed by atoms with Gasteiger partial charge in [-0.05, 0) is 26.2 Å². The summed E-state index contributed by atoms with van der Waals surface area (Å²) in [6.45, 7) is 4.18. The number of carbonyl (C=O) groups excluding carboxylic acids is 1. The van der Waals surface area contributed by atoms with Crippen LogP contribution in [0.2, 0.25) is 0 Å². The van der Waals surface area contributed by atoms with Crippen LogP contribution in [0.1, 0.15) is 52.4 Å². The minimum atomic E-state index is -0.0457. The zero-order valence-electron chi connectivity index (χ0n) is 10.3. The van der Waals surface area contributed by atoms with Crippen LogP contribution >= 0.6 is 0 Å². The third-order valence-corrected chi connectivity index (χ3v) is 2.61. The third kappa shape index (κ3) is 7.18. The molecule has 88 valence electrons. The topological polar surface area (TPSA) is 26.3 Å². The highest BCUT2D eigenvalue weighted by Crippen LogP contribution is 2.17. The van der Waals surface area contributed by atoms with Crippen molar-refractivity contribution in [1.29, 1.82) is 0 Å². The van der Waals surface area contributed by atoms with Crippen LogP contribution in [0.3, 0.4) is 0 Å². The van der Waals surface area contributed by atoms with E-state index in [0.29, 0.717) is 0 Å². The SMILES string of the molecule is CC=CCCC(CCCCC)C(=O)OC. The lowest BCUT2D eigenvalue weighted by atomic mass is 9.96. The molecule has 0 radical (unpaired) electrons. The summed E-state index contributed by atoms with van der Waals surface area (Å²) in [5.74, 6) is 0.0494. The molecule has 0 spiro atoms. The second-order valence-electron chi connectivity index (χ2n) is 3.86. The van der Waals surface area contributed by atoms with Gasteiger partial charge in [0.25, 0.3) is 0 Å². The Hall–Kier alpha value is -0.790. The Morgan fingerprint density at radius 2 is 2.07 bits per heavy atom. The maximum Gasteiger partial charge on any atom is 0.308 e. The molecule has 0 heterocycles. The second-order valence-corrected chi connectivity index (χ2v) is 3.86. The lowest BCUT2D eigenvalue weighted by Crippen LogP contribution is -2.16. The van der Waals surface area contributed by atoms with Crippen LogP contribution in [0.25, 0.3) is 0 Å². The number of esters is 1. The fourth-order valence-electron chi connectivity index (χ4n) is 1.65. The fraction of sp³-hybridized carbons (Fsp3) is 0.769. The number of carbonyl (C=O) groups is 1. The van der Waals surface area contributed by atoms with Gasteiger partial charge in [-0.3, -0.25) is 4.79 Å². The van der Waals surface area contributed by atoms with Crippen molar-refractivity contribution in [3.05, 3.63) is 12.2 Å². The summed E-state index contributed by atoms with van der Waals surface area (Å²) in [6.07, 6.45) is 10.5. The van der Waals surface area contributed by atoms with Crippen LogP contribution in [0, 0.1) is 5.92 Å². The van der Waals surface area contributed by atoms with Crippen molar-refractivity contribution in [3.63, 3.8) is 0 Å². The summed E-state index contributed by atoms with van der Waals surface area (Å²) in [6, 6.07) is 0. The Balaban J connectivity index is 3.89. The van der Waals surface area contributed by atoms with Crippen LogP contribution in [0.5, 0.6) is 0 Å². The largest absolute Gasteiger partial charge is 0.469 e. The fourth-order valence-corrected chi connectivity index (χ4v) is 1.65. The summed E-state index contributed by atoms with van der Waals surface area (Å²) < 4.78 is 4.81. The summed E-state index contributed by atoms with van der Waals surface area (Å²) in [5.41, 5.74) is 0. The Morgan fingerprint density at radius 1 is 1.33 bits per heavy atom. The van der Waals surface area contributed by atoms with Crippen molar-refractivity contribution < 1.29 is 9.53 Å². The zero-order chi connectivity index (χ0) is 11.5. The summed E-state index contributed by atoms with van der Waals surface area (Å²) >= 11 is 0. The van der Waals surface area contributed by atoms with Crippen LogP contribution in [0.15, 0.2) is 12.2 Å². The lowest BCUT2D eigenvalue weighted by Gasteiger charge is -2.12. The van der Waals surface area contributed by atoms with E-state index in [4.69, 9.17) is 4.74 Å². The molecule has 2 nitrogen and oxygen atoms in total. The molecule has 0 amide bonds. The first-order chi connectivity index (χ1) is 7.26. The van der Waals surface area contributed by atoms with E-state index in [1.54, 1.807) is 0 Å². The molecule has 0 aromatic heterocycles. The van der Waals surface area contributed by atoms with Gasteiger partial charge in [-0.2, -0.15) is 0 Å². The van der Waals surface area contributed by atoms with Gasteiger partial charge >= 0.3 is 5.97 Å². The summed E-state index contributed by atoms with van der Waals surface area (Å²) in [5, 5.41) is 0. The van der Waals surface area contributed by atoms with Crippen LogP contribution in [0.4, 0.5) is 0 Å². The van der Waals surface area contributed by atoms with Gasteiger partial charge in [0.05, 0.1) is 13.0 Å². The highest BCUT2D eigenvalue weighted by atomic mass is 16.5. The molecule has 0 aromatic rings. The lowest BCUT2D eigenvalue weighted by molar-refractivity contribution is -0.145. The summed E-state index contributed by atoms with van der Waals surface area (Å²) in [7, 11) is 1.48. The molecule has 1 unspecified atom stereocenters. The maximum absolute atomic E-state index is 11.5.